The Morgan fingerprint density at radius 2 is 1.93 bits per heavy atom. The van der Waals surface area contributed by atoms with Crippen LogP contribution in [0.5, 0.6) is 0 Å². The Hall–Kier alpha value is -2.60. The number of benzene rings is 1. The van der Waals surface area contributed by atoms with Crippen LogP contribution in [0.3, 0.4) is 0 Å². The van der Waals surface area contributed by atoms with Crippen LogP contribution in [0.4, 0.5) is 0 Å². The van der Waals surface area contributed by atoms with Crippen LogP contribution in [0.25, 0.3) is 11.4 Å². The molecule has 0 radical (unpaired) electrons. The number of pyridine rings is 1. The van der Waals surface area contributed by atoms with Gasteiger partial charge < -0.3 is 4.90 Å². The number of amides is 1. The van der Waals surface area contributed by atoms with Crippen molar-refractivity contribution in [3.05, 3.63) is 76.3 Å². The molecule has 2 saturated heterocycles. The van der Waals surface area contributed by atoms with Crippen molar-refractivity contribution in [1.29, 1.82) is 0 Å². The quantitative estimate of drug-likeness (QED) is 0.556. The van der Waals surface area contributed by atoms with E-state index in [1.54, 1.807) is 18.5 Å². The summed E-state index contributed by atoms with van der Waals surface area (Å²) >= 11 is 3.45. The van der Waals surface area contributed by atoms with Gasteiger partial charge in [-0.1, -0.05) is 12.1 Å². The number of hydrogen-bond donors (Lipinski definition) is 0. The van der Waals surface area contributed by atoms with Crippen LogP contribution < -0.4 is 0 Å². The highest BCUT2D eigenvalue weighted by Gasteiger charge is 2.48. The number of carbonyl (C=O) groups is 1. The largest absolute Gasteiger partial charge is 0.332 e. The second-order valence-corrected chi connectivity index (χ2v) is 9.16. The third-order valence-electron chi connectivity index (χ3n) is 6.45. The smallest absolute Gasteiger partial charge is 0.255 e. The molecule has 3 atom stereocenters. The van der Waals surface area contributed by atoms with E-state index in [4.69, 9.17) is 0 Å². The molecule has 2 fully saturated rings. The van der Waals surface area contributed by atoms with Crippen LogP contribution in [0.1, 0.15) is 40.9 Å². The lowest BCUT2D eigenvalue weighted by atomic mass is 9.86. The lowest BCUT2D eigenvalue weighted by molar-refractivity contribution is 0.0719. The first-order chi connectivity index (χ1) is 14.6. The van der Waals surface area contributed by atoms with E-state index >= 15 is 0 Å². The SMILES string of the molecule is Cc1cccc(C(=O)N2C3CCC2C(Cc2ccc(Br)cn2)C3)c1-c1ncccn1. The summed E-state index contributed by atoms with van der Waals surface area (Å²) in [5.41, 5.74) is 3.67. The molecule has 0 spiro atoms. The first-order valence-corrected chi connectivity index (χ1v) is 11.2. The van der Waals surface area contributed by atoms with Crippen LogP contribution in [0.15, 0.2) is 59.5 Å². The molecular weight excluding hydrogens is 440 g/mol. The van der Waals surface area contributed by atoms with E-state index in [-0.39, 0.29) is 11.9 Å². The molecule has 5 nitrogen and oxygen atoms in total. The van der Waals surface area contributed by atoms with Crippen molar-refractivity contribution in [2.75, 3.05) is 0 Å². The van der Waals surface area contributed by atoms with Crippen molar-refractivity contribution in [2.24, 2.45) is 5.92 Å². The van der Waals surface area contributed by atoms with Gasteiger partial charge in [0.25, 0.3) is 5.91 Å². The number of halogens is 1. The van der Waals surface area contributed by atoms with Gasteiger partial charge in [0.15, 0.2) is 5.82 Å². The van der Waals surface area contributed by atoms with Gasteiger partial charge in [-0.3, -0.25) is 9.78 Å². The van der Waals surface area contributed by atoms with Crippen molar-refractivity contribution >= 4 is 21.8 Å². The van der Waals surface area contributed by atoms with Crippen LogP contribution in [0.2, 0.25) is 0 Å². The summed E-state index contributed by atoms with van der Waals surface area (Å²) in [7, 11) is 0. The third-order valence-corrected chi connectivity index (χ3v) is 6.92. The Balaban J connectivity index is 1.44. The molecule has 0 aliphatic carbocycles. The number of aryl methyl sites for hydroxylation is 1. The molecule has 2 aliphatic heterocycles. The van der Waals surface area contributed by atoms with Crippen molar-refractivity contribution in [1.82, 2.24) is 19.9 Å². The summed E-state index contributed by atoms with van der Waals surface area (Å²) in [4.78, 5) is 29.3. The van der Waals surface area contributed by atoms with Gasteiger partial charge in [-0.15, -0.1) is 0 Å². The van der Waals surface area contributed by atoms with Crippen molar-refractivity contribution in [3.63, 3.8) is 0 Å². The van der Waals surface area contributed by atoms with Gasteiger partial charge in [0, 0.05) is 46.4 Å². The number of nitrogens with zero attached hydrogens (tertiary/aromatic N) is 4. The molecular formula is C24H23BrN4O. The van der Waals surface area contributed by atoms with Crippen molar-refractivity contribution in [2.45, 2.75) is 44.7 Å². The Morgan fingerprint density at radius 1 is 1.10 bits per heavy atom. The predicted molar refractivity (Wildman–Crippen MR) is 119 cm³/mol. The summed E-state index contributed by atoms with van der Waals surface area (Å²) in [5.74, 6) is 1.18. The molecule has 0 saturated carbocycles. The number of carbonyl (C=O) groups excluding carboxylic acids is 1. The Morgan fingerprint density at radius 3 is 2.70 bits per heavy atom. The van der Waals surface area contributed by atoms with Crippen LogP contribution in [-0.4, -0.2) is 37.8 Å². The Kier molecular flexibility index (Phi) is 5.11. The van der Waals surface area contributed by atoms with E-state index in [9.17, 15) is 4.79 Å². The molecule has 2 aromatic heterocycles. The minimum absolute atomic E-state index is 0.111. The Bertz CT molecular complexity index is 1070. The second-order valence-electron chi connectivity index (χ2n) is 8.25. The molecule has 3 aromatic rings. The highest BCUT2D eigenvalue weighted by molar-refractivity contribution is 9.10. The molecule has 5 rings (SSSR count). The summed E-state index contributed by atoms with van der Waals surface area (Å²) in [6.45, 7) is 2.02. The van der Waals surface area contributed by atoms with Gasteiger partial charge in [0.2, 0.25) is 0 Å². The molecule has 1 aromatic carbocycles. The number of rotatable bonds is 4. The van der Waals surface area contributed by atoms with Crippen molar-refractivity contribution in [3.8, 4) is 11.4 Å². The van der Waals surface area contributed by atoms with E-state index in [0.717, 1.165) is 47.0 Å². The minimum atomic E-state index is 0.111. The van der Waals surface area contributed by atoms with E-state index < -0.39 is 0 Å². The van der Waals surface area contributed by atoms with Crippen LogP contribution >= 0.6 is 15.9 Å². The van der Waals surface area contributed by atoms with Gasteiger partial charge in [-0.05, 0) is 84.3 Å². The zero-order chi connectivity index (χ0) is 20.7. The fourth-order valence-corrected chi connectivity index (χ4v) is 5.39. The number of fused-ring (bicyclic) bond motifs is 2. The molecule has 30 heavy (non-hydrogen) atoms. The molecule has 152 valence electrons. The normalized spacial score (nSPS) is 22.5. The van der Waals surface area contributed by atoms with Crippen LogP contribution in [0, 0.1) is 12.8 Å². The third kappa shape index (κ3) is 3.43. The minimum Gasteiger partial charge on any atom is -0.332 e. The molecule has 3 unspecified atom stereocenters. The fraction of sp³-hybridized carbons (Fsp3) is 0.333. The van der Waals surface area contributed by atoms with Gasteiger partial charge in [0.05, 0.1) is 5.56 Å². The molecule has 2 aliphatic rings. The van der Waals surface area contributed by atoms with Gasteiger partial charge in [-0.2, -0.15) is 0 Å². The highest BCUT2D eigenvalue weighted by Crippen LogP contribution is 2.44. The summed E-state index contributed by atoms with van der Waals surface area (Å²) < 4.78 is 0.992. The maximum atomic E-state index is 13.7. The number of aromatic nitrogens is 3. The fourth-order valence-electron chi connectivity index (χ4n) is 5.15. The standard InChI is InChI=1S/C24H23BrN4O/c1-15-4-2-5-20(22(15)23-26-10-3-11-27-23)24(30)29-19-8-9-21(29)16(13-19)12-18-7-6-17(25)14-28-18/h2-7,10-11,14,16,19,21H,8-9,12-13H2,1H3. The van der Waals surface area contributed by atoms with E-state index in [1.807, 2.05) is 37.4 Å². The average Bonchev–Trinajstić information content (AvgIpc) is 3.33. The first kappa shape index (κ1) is 19.4. The zero-order valence-electron chi connectivity index (χ0n) is 16.8. The maximum Gasteiger partial charge on any atom is 0.255 e. The first-order valence-electron chi connectivity index (χ1n) is 10.4. The molecule has 1 amide bonds. The lowest BCUT2D eigenvalue weighted by Crippen LogP contribution is -2.37. The molecule has 2 bridgehead atoms. The zero-order valence-corrected chi connectivity index (χ0v) is 18.4. The summed E-state index contributed by atoms with van der Waals surface area (Å²) in [5, 5.41) is 0. The van der Waals surface area contributed by atoms with Crippen molar-refractivity contribution < 1.29 is 4.79 Å². The lowest BCUT2D eigenvalue weighted by Gasteiger charge is -2.25. The maximum absolute atomic E-state index is 13.7. The molecule has 0 N–H and O–H groups in total. The van der Waals surface area contributed by atoms with Gasteiger partial charge in [0.1, 0.15) is 0 Å². The van der Waals surface area contributed by atoms with E-state index in [2.05, 4.69) is 41.8 Å². The average molecular weight is 463 g/mol. The van der Waals surface area contributed by atoms with E-state index in [0.29, 0.717) is 23.3 Å². The summed E-state index contributed by atoms with van der Waals surface area (Å²) in [6.07, 6.45) is 9.43. The van der Waals surface area contributed by atoms with Crippen LogP contribution in [-0.2, 0) is 6.42 Å². The molecule has 4 heterocycles. The Labute approximate surface area is 184 Å². The highest BCUT2D eigenvalue weighted by atomic mass is 79.9. The summed E-state index contributed by atoms with van der Waals surface area (Å²) in [6, 6.07) is 12.4. The molecule has 6 heteroatoms. The topological polar surface area (TPSA) is 59.0 Å². The second kappa shape index (κ2) is 7.91. The van der Waals surface area contributed by atoms with Gasteiger partial charge in [-0.25, -0.2) is 9.97 Å². The predicted octanol–water partition coefficient (Wildman–Crippen LogP) is 4.85. The monoisotopic (exact) mass is 462 g/mol. The van der Waals surface area contributed by atoms with E-state index in [1.165, 1.54) is 0 Å². The van der Waals surface area contributed by atoms with Gasteiger partial charge >= 0.3 is 0 Å². The number of hydrogen-bond acceptors (Lipinski definition) is 4.